The summed E-state index contributed by atoms with van der Waals surface area (Å²) >= 11 is 5.45. The van der Waals surface area contributed by atoms with Crippen LogP contribution in [0.15, 0.2) is 90.8 Å². The molecule has 0 radical (unpaired) electrons. The van der Waals surface area contributed by atoms with Crippen LogP contribution in [-0.4, -0.2) is 28.3 Å². The van der Waals surface area contributed by atoms with Crippen molar-refractivity contribution in [2.75, 3.05) is 11.5 Å². The zero-order valence-electron chi connectivity index (χ0n) is 20.2. The minimum atomic E-state index is -0.170. The quantitative estimate of drug-likeness (QED) is 0.247. The van der Waals surface area contributed by atoms with Gasteiger partial charge in [-0.15, -0.1) is 0 Å². The number of fused-ring (bicyclic) bond motifs is 1. The lowest BCUT2D eigenvalue weighted by molar-refractivity contribution is -0.113. The highest BCUT2D eigenvalue weighted by Gasteiger charge is 2.32. The Balaban J connectivity index is 1.33. The van der Waals surface area contributed by atoms with Crippen LogP contribution in [-0.2, 0) is 11.3 Å². The number of benzene rings is 3. The summed E-state index contributed by atoms with van der Waals surface area (Å²) in [6.45, 7) is 5.16. The number of anilines is 1. The number of hydrogen-bond donors (Lipinski definition) is 1. The minimum Gasteiger partial charge on any atom is -0.492 e. The van der Waals surface area contributed by atoms with Crippen LogP contribution in [0.3, 0.4) is 0 Å². The van der Waals surface area contributed by atoms with Crippen molar-refractivity contribution in [1.29, 1.82) is 0 Å². The first kappa shape index (κ1) is 23.6. The lowest BCUT2D eigenvalue weighted by atomic mass is 10.1. The number of hydrogen-bond acceptors (Lipinski definition) is 4. The number of ether oxygens (including phenoxy) is 2. The van der Waals surface area contributed by atoms with E-state index in [1.54, 1.807) is 0 Å². The fourth-order valence-corrected chi connectivity index (χ4v) is 4.52. The van der Waals surface area contributed by atoms with Crippen molar-refractivity contribution >= 4 is 45.9 Å². The Morgan fingerprint density at radius 1 is 0.944 bits per heavy atom. The molecule has 4 aromatic rings. The van der Waals surface area contributed by atoms with E-state index in [0.717, 1.165) is 33.7 Å². The number of amides is 1. The monoisotopic (exact) mass is 497 g/mol. The zero-order valence-corrected chi connectivity index (χ0v) is 21.0. The van der Waals surface area contributed by atoms with Gasteiger partial charge in [0.25, 0.3) is 5.91 Å². The van der Waals surface area contributed by atoms with Crippen LogP contribution in [0.2, 0.25) is 0 Å². The maximum atomic E-state index is 13.1. The molecular formula is C29H27N3O3S. The van der Waals surface area contributed by atoms with Crippen LogP contribution in [0.1, 0.15) is 19.4 Å². The van der Waals surface area contributed by atoms with Gasteiger partial charge in [-0.05, 0) is 74.6 Å². The topological polar surface area (TPSA) is 55.7 Å². The van der Waals surface area contributed by atoms with Gasteiger partial charge in [0, 0.05) is 22.7 Å². The van der Waals surface area contributed by atoms with E-state index in [-0.39, 0.29) is 12.0 Å². The lowest BCUT2D eigenvalue weighted by Gasteiger charge is -2.13. The third-order valence-corrected chi connectivity index (χ3v) is 6.09. The van der Waals surface area contributed by atoms with Crippen LogP contribution >= 0.6 is 12.2 Å². The number of aromatic nitrogens is 1. The van der Waals surface area contributed by atoms with Crippen molar-refractivity contribution in [1.82, 2.24) is 9.88 Å². The Labute approximate surface area is 215 Å². The number of rotatable bonds is 8. The molecule has 1 aromatic heterocycles. The SMILES string of the molecule is CC(C)Oc1ccc(OCCn2cc(/C=C3\NC(=S)N(c4ccccc4)C3=O)c3ccccc32)cc1. The first-order chi connectivity index (χ1) is 17.5. The molecule has 1 aliphatic rings. The molecule has 0 aliphatic carbocycles. The predicted octanol–water partition coefficient (Wildman–Crippen LogP) is 5.77. The number of para-hydroxylation sites is 2. The molecule has 6 nitrogen and oxygen atoms in total. The molecule has 3 aromatic carbocycles. The number of carbonyl (C=O) groups is 1. The van der Waals surface area contributed by atoms with Gasteiger partial charge < -0.3 is 19.4 Å². The number of thiocarbonyl (C=S) groups is 1. The van der Waals surface area contributed by atoms with Gasteiger partial charge in [0.1, 0.15) is 23.8 Å². The standard InChI is InChI=1S/C29H27N3O3S/c1-20(2)35-24-14-12-23(13-15-24)34-17-16-31-19-21(25-10-6-7-11-27(25)31)18-26-28(33)32(29(36)30-26)22-8-4-3-5-9-22/h3-15,18-20H,16-17H2,1-2H3,(H,30,36)/b26-18-. The summed E-state index contributed by atoms with van der Waals surface area (Å²) < 4.78 is 13.8. The molecule has 0 unspecified atom stereocenters. The Bertz CT molecular complexity index is 1430. The highest BCUT2D eigenvalue weighted by molar-refractivity contribution is 7.80. The number of carbonyl (C=O) groups excluding carboxylic acids is 1. The third kappa shape index (κ3) is 4.97. The molecule has 1 fully saturated rings. The molecular weight excluding hydrogens is 470 g/mol. The molecule has 0 atom stereocenters. The van der Waals surface area contributed by atoms with Crippen molar-refractivity contribution in [3.8, 4) is 11.5 Å². The van der Waals surface area contributed by atoms with Crippen LogP contribution in [0.4, 0.5) is 5.69 Å². The van der Waals surface area contributed by atoms with E-state index in [1.165, 1.54) is 4.90 Å². The van der Waals surface area contributed by atoms with Crippen molar-refractivity contribution in [2.45, 2.75) is 26.5 Å². The molecule has 5 rings (SSSR count). The van der Waals surface area contributed by atoms with Gasteiger partial charge in [-0.25, -0.2) is 0 Å². The highest BCUT2D eigenvalue weighted by atomic mass is 32.1. The average molecular weight is 498 g/mol. The second-order valence-corrected chi connectivity index (χ2v) is 9.13. The van der Waals surface area contributed by atoms with E-state index >= 15 is 0 Å². The number of nitrogens with one attached hydrogen (secondary N) is 1. The summed E-state index contributed by atoms with van der Waals surface area (Å²) in [5, 5.41) is 4.51. The first-order valence-electron chi connectivity index (χ1n) is 11.9. The van der Waals surface area contributed by atoms with Gasteiger partial charge in [-0.2, -0.15) is 0 Å². The summed E-state index contributed by atoms with van der Waals surface area (Å²) in [5.41, 5.74) is 3.20. The van der Waals surface area contributed by atoms with E-state index in [9.17, 15) is 4.79 Å². The smallest absolute Gasteiger partial charge is 0.281 e. The molecule has 36 heavy (non-hydrogen) atoms. The molecule has 7 heteroatoms. The summed E-state index contributed by atoms with van der Waals surface area (Å²) in [5.74, 6) is 1.45. The zero-order chi connectivity index (χ0) is 25.1. The normalized spacial score (nSPS) is 14.6. The van der Waals surface area contributed by atoms with E-state index in [1.807, 2.05) is 92.9 Å². The molecule has 0 bridgehead atoms. The molecule has 2 heterocycles. The van der Waals surface area contributed by atoms with Crippen molar-refractivity contribution < 1.29 is 14.3 Å². The fraction of sp³-hybridized carbons (Fsp3) is 0.172. The molecule has 0 spiro atoms. The van der Waals surface area contributed by atoms with Gasteiger partial charge in [0.15, 0.2) is 5.11 Å². The Kier molecular flexibility index (Phi) is 6.73. The first-order valence-corrected chi connectivity index (χ1v) is 12.3. The maximum Gasteiger partial charge on any atom is 0.281 e. The lowest BCUT2D eigenvalue weighted by Crippen LogP contribution is -2.30. The van der Waals surface area contributed by atoms with Gasteiger partial charge >= 0.3 is 0 Å². The van der Waals surface area contributed by atoms with Crippen LogP contribution in [0.5, 0.6) is 11.5 Å². The molecule has 182 valence electrons. The van der Waals surface area contributed by atoms with Crippen molar-refractivity contribution in [3.05, 3.63) is 96.3 Å². The highest BCUT2D eigenvalue weighted by Crippen LogP contribution is 2.27. The Morgan fingerprint density at radius 3 is 2.39 bits per heavy atom. The van der Waals surface area contributed by atoms with E-state index in [2.05, 4.69) is 22.0 Å². The minimum absolute atomic E-state index is 0.134. The maximum absolute atomic E-state index is 13.1. The number of nitrogens with zero attached hydrogens (tertiary/aromatic N) is 2. The van der Waals surface area contributed by atoms with Gasteiger partial charge in [0.2, 0.25) is 0 Å². The van der Waals surface area contributed by atoms with Gasteiger partial charge in [-0.3, -0.25) is 9.69 Å². The molecule has 1 N–H and O–H groups in total. The van der Waals surface area contributed by atoms with Gasteiger partial charge in [0.05, 0.1) is 18.3 Å². The average Bonchev–Trinajstić information content (AvgIpc) is 3.36. The predicted molar refractivity (Wildman–Crippen MR) is 147 cm³/mol. The van der Waals surface area contributed by atoms with E-state index in [0.29, 0.717) is 24.0 Å². The molecule has 1 saturated heterocycles. The largest absolute Gasteiger partial charge is 0.492 e. The molecule has 0 saturated carbocycles. The fourth-order valence-electron chi connectivity index (χ4n) is 4.23. The summed E-state index contributed by atoms with van der Waals surface area (Å²) in [6, 6.07) is 25.2. The van der Waals surface area contributed by atoms with Crippen molar-refractivity contribution in [2.24, 2.45) is 0 Å². The molecule has 1 amide bonds. The second kappa shape index (κ2) is 10.3. The van der Waals surface area contributed by atoms with Gasteiger partial charge in [-0.1, -0.05) is 36.4 Å². The van der Waals surface area contributed by atoms with Crippen LogP contribution in [0.25, 0.3) is 17.0 Å². The summed E-state index contributed by atoms with van der Waals surface area (Å²) in [6.07, 6.45) is 4.05. The summed E-state index contributed by atoms with van der Waals surface area (Å²) in [7, 11) is 0. The van der Waals surface area contributed by atoms with Crippen molar-refractivity contribution in [3.63, 3.8) is 0 Å². The Hall–Kier alpha value is -4.10. The van der Waals surface area contributed by atoms with E-state index < -0.39 is 0 Å². The summed E-state index contributed by atoms with van der Waals surface area (Å²) in [4.78, 5) is 14.7. The second-order valence-electron chi connectivity index (χ2n) is 8.75. The third-order valence-electron chi connectivity index (χ3n) is 5.81. The molecule has 1 aliphatic heterocycles. The Morgan fingerprint density at radius 2 is 1.64 bits per heavy atom. The van der Waals surface area contributed by atoms with Crippen LogP contribution < -0.4 is 19.7 Å². The van der Waals surface area contributed by atoms with E-state index in [4.69, 9.17) is 21.7 Å². The van der Waals surface area contributed by atoms with Crippen LogP contribution in [0, 0.1) is 0 Å².